The molecule has 0 N–H and O–H groups in total. The number of para-hydroxylation sites is 2. The van der Waals surface area contributed by atoms with Crippen molar-refractivity contribution in [1.82, 2.24) is 9.97 Å². The molecule has 8 aromatic carbocycles. The summed E-state index contributed by atoms with van der Waals surface area (Å²) in [6.45, 7) is 0. The fraction of sp³-hybridized carbons (Fsp3) is 0.0189. The molecule has 0 amide bonds. The van der Waals surface area contributed by atoms with Crippen molar-refractivity contribution in [1.29, 1.82) is 0 Å². The van der Waals surface area contributed by atoms with Crippen LogP contribution in [0.15, 0.2) is 206 Å². The lowest BCUT2D eigenvalue weighted by molar-refractivity contribution is 0.438. The molecule has 2 heterocycles. The predicted molar refractivity (Wildman–Crippen MR) is 227 cm³/mol. The summed E-state index contributed by atoms with van der Waals surface area (Å²) >= 11 is 0. The van der Waals surface area contributed by atoms with Crippen molar-refractivity contribution in [3.63, 3.8) is 0 Å². The van der Waals surface area contributed by atoms with Gasteiger partial charge in [0.05, 0.1) is 16.8 Å². The third kappa shape index (κ3) is 4.84. The van der Waals surface area contributed by atoms with Crippen LogP contribution in [0.2, 0.25) is 0 Å². The van der Waals surface area contributed by atoms with Gasteiger partial charge in [-0.15, -0.1) is 0 Å². The van der Waals surface area contributed by atoms with Gasteiger partial charge in [0, 0.05) is 33.4 Å². The van der Waals surface area contributed by atoms with Gasteiger partial charge in [-0.3, -0.25) is 0 Å². The second-order valence-electron chi connectivity index (χ2n) is 14.4. The van der Waals surface area contributed by atoms with E-state index in [2.05, 4.69) is 200 Å². The fourth-order valence-electron chi connectivity index (χ4n) is 9.04. The molecular formula is C53H34N2O. The first-order chi connectivity index (χ1) is 27.8. The van der Waals surface area contributed by atoms with Crippen molar-refractivity contribution in [2.45, 2.75) is 5.41 Å². The number of nitrogens with zero attached hydrogens (tertiary/aromatic N) is 2. The molecule has 0 saturated carbocycles. The van der Waals surface area contributed by atoms with Gasteiger partial charge in [0.2, 0.25) is 0 Å². The minimum atomic E-state index is -0.555. The molecule has 3 heteroatoms. The molecule has 1 aromatic heterocycles. The Morgan fingerprint density at radius 3 is 1.50 bits per heavy atom. The lowest BCUT2D eigenvalue weighted by Crippen LogP contribution is -2.32. The average molecular weight is 715 g/mol. The summed E-state index contributed by atoms with van der Waals surface area (Å²) in [6, 6.07) is 72.8. The van der Waals surface area contributed by atoms with E-state index in [9.17, 15) is 0 Å². The maximum Gasteiger partial charge on any atom is 0.161 e. The van der Waals surface area contributed by atoms with E-state index in [-0.39, 0.29) is 0 Å². The molecule has 0 radical (unpaired) electrons. The minimum absolute atomic E-state index is 0.555. The number of hydrogen-bond acceptors (Lipinski definition) is 3. The van der Waals surface area contributed by atoms with Gasteiger partial charge in [-0.25, -0.2) is 9.97 Å². The van der Waals surface area contributed by atoms with Gasteiger partial charge in [-0.2, -0.15) is 0 Å². The van der Waals surface area contributed by atoms with Crippen LogP contribution in [0.25, 0.3) is 67.3 Å². The molecule has 1 aliphatic heterocycles. The summed E-state index contributed by atoms with van der Waals surface area (Å²) in [6.07, 6.45) is 0. The molecule has 1 aliphatic carbocycles. The topological polar surface area (TPSA) is 35.0 Å². The maximum atomic E-state index is 7.08. The van der Waals surface area contributed by atoms with E-state index >= 15 is 0 Å². The van der Waals surface area contributed by atoms with Gasteiger partial charge in [0.15, 0.2) is 5.82 Å². The molecule has 0 saturated heterocycles. The van der Waals surface area contributed by atoms with Crippen molar-refractivity contribution in [2.24, 2.45) is 0 Å². The standard InChI is InChI=1S/C53H34N2O/c1-3-18-35(19-4-1)37-22-7-9-26-41(37)49-34-48(36-20-5-2-6-21-36)54-52(55-49)43-27-10-8-23-38(43)42-28-17-32-47-51(42)56-50-33-16-15-31-46(50)53(47)44-29-13-11-24-39(44)40-25-12-14-30-45(40)53/h1-34H. The van der Waals surface area contributed by atoms with Crippen LogP contribution in [0.1, 0.15) is 22.3 Å². The molecule has 0 unspecified atom stereocenters. The van der Waals surface area contributed by atoms with E-state index in [1.165, 1.54) is 22.3 Å². The molecule has 0 fully saturated rings. The van der Waals surface area contributed by atoms with Gasteiger partial charge in [-0.05, 0) is 51.1 Å². The number of aromatic nitrogens is 2. The Kier molecular flexibility index (Phi) is 7.39. The third-order valence-corrected chi connectivity index (χ3v) is 11.4. The average Bonchev–Trinajstić information content (AvgIpc) is 3.57. The Morgan fingerprint density at radius 1 is 0.321 bits per heavy atom. The molecule has 1 spiro atoms. The van der Waals surface area contributed by atoms with Crippen molar-refractivity contribution in [2.75, 3.05) is 0 Å². The largest absolute Gasteiger partial charge is 0.456 e. The third-order valence-electron chi connectivity index (χ3n) is 11.4. The van der Waals surface area contributed by atoms with Crippen molar-refractivity contribution in [3.05, 3.63) is 229 Å². The maximum absolute atomic E-state index is 7.08. The molecule has 2 aliphatic rings. The predicted octanol–water partition coefficient (Wildman–Crippen LogP) is 13.3. The van der Waals surface area contributed by atoms with E-state index in [0.29, 0.717) is 5.82 Å². The van der Waals surface area contributed by atoms with E-state index in [0.717, 1.165) is 73.0 Å². The Balaban J connectivity index is 1.16. The van der Waals surface area contributed by atoms with E-state index in [1.54, 1.807) is 0 Å². The fourth-order valence-corrected chi connectivity index (χ4v) is 9.04. The van der Waals surface area contributed by atoms with Crippen LogP contribution in [-0.4, -0.2) is 9.97 Å². The lowest BCUT2D eigenvalue weighted by Gasteiger charge is -2.40. The Labute approximate surface area is 326 Å². The highest BCUT2D eigenvalue weighted by Crippen LogP contribution is 2.63. The lowest BCUT2D eigenvalue weighted by atomic mass is 9.65. The monoisotopic (exact) mass is 714 g/mol. The van der Waals surface area contributed by atoms with Crippen molar-refractivity contribution in [3.8, 4) is 78.8 Å². The summed E-state index contributed by atoms with van der Waals surface area (Å²) in [5.74, 6) is 2.36. The van der Waals surface area contributed by atoms with Crippen LogP contribution in [-0.2, 0) is 5.41 Å². The normalized spacial score (nSPS) is 12.9. The molecule has 262 valence electrons. The smallest absolute Gasteiger partial charge is 0.161 e. The molecule has 3 nitrogen and oxygen atoms in total. The van der Waals surface area contributed by atoms with Gasteiger partial charge in [0.25, 0.3) is 0 Å². The molecule has 0 atom stereocenters. The molecule has 56 heavy (non-hydrogen) atoms. The zero-order valence-electron chi connectivity index (χ0n) is 30.4. The highest BCUT2D eigenvalue weighted by atomic mass is 16.5. The van der Waals surface area contributed by atoms with E-state index in [4.69, 9.17) is 14.7 Å². The van der Waals surface area contributed by atoms with Gasteiger partial charge < -0.3 is 4.74 Å². The molecular weight excluding hydrogens is 681 g/mol. The molecule has 11 rings (SSSR count). The van der Waals surface area contributed by atoms with Gasteiger partial charge in [-0.1, -0.05) is 194 Å². The number of fused-ring (bicyclic) bond motifs is 9. The summed E-state index contributed by atoms with van der Waals surface area (Å²) in [5, 5.41) is 0. The van der Waals surface area contributed by atoms with E-state index in [1.807, 2.05) is 6.07 Å². The number of hydrogen-bond donors (Lipinski definition) is 0. The van der Waals surface area contributed by atoms with Crippen LogP contribution < -0.4 is 4.74 Å². The quantitative estimate of drug-likeness (QED) is 0.178. The Hall–Kier alpha value is -7.36. The zero-order chi connectivity index (χ0) is 37.1. The zero-order valence-corrected chi connectivity index (χ0v) is 30.4. The Bertz CT molecular complexity index is 2910. The summed E-state index contributed by atoms with van der Waals surface area (Å²) < 4.78 is 7.08. The van der Waals surface area contributed by atoms with Crippen molar-refractivity contribution < 1.29 is 4.74 Å². The second kappa shape index (κ2) is 12.9. The first-order valence-electron chi connectivity index (χ1n) is 19.1. The summed E-state index contributed by atoms with van der Waals surface area (Å²) in [7, 11) is 0. The number of benzene rings is 8. The SMILES string of the molecule is c1ccc(-c2cc(-c3ccccc3-c3ccccc3)nc(-c3ccccc3-c3cccc4c3Oc3ccccc3C43c4ccccc4-c4ccccc43)n2)cc1. The van der Waals surface area contributed by atoms with E-state index < -0.39 is 5.41 Å². The van der Waals surface area contributed by atoms with Crippen LogP contribution in [0.5, 0.6) is 11.5 Å². The highest BCUT2D eigenvalue weighted by molar-refractivity contribution is 5.93. The van der Waals surface area contributed by atoms with Crippen LogP contribution in [0.3, 0.4) is 0 Å². The van der Waals surface area contributed by atoms with Crippen LogP contribution >= 0.6 is 0 Å². The first kappa shape index (κ1) is 32.1. The second-order valence-corrected chi connectivity index (χ2v) is 14.4. The summed E-state index contributed by atoms with van der Waals surface area (Å²) in [4.78, 5) is 10.7. The number of ether oxygens (including phenoxy) is 1. The Morgan fingerprint density at radius 2 is 0.804 bits per heavy atom. The number of rotatable bonds is 5. The molecule has 0 bridgehead atoms. The van der Waals surface area contributed by atoms with Crippen LogP contribution in [0.4, 0.5) is 0 Å². The van der Waals surface area contributed by atoms with Gasteiger partial charge >= 0.3 is 0 Å². The first-order valence-corrected chi connectivity index (χ1v) is 19.1. The van der Waals surface area contributed by atoms with Crippen LogP contribution in [0, 0.1) is 0 Å². The highest BCUT2D eigenvalue weighted by Gasteiger charge is 2.51. The van der Waals surface area contributed by atoms with Crippen molar-refractivity contribution >= 4 is 0 Å². The summed E-state index contributed by atoms with van der Waals surface area (Å²) in [5.41, 5.74) is 15.8. The molecule has 9 aromatic rings. The van der Waals surface area contributed by atoms with Gasteiger partial charge in [0.1, 0.15) is 11.5 Å². The minimum Gasteiger partial charge on any atom is -0.456 e.